The molecule has 0 aromatic carbocycles. The van der Waals surface area contributed by atoms with Crippen molar-refractivity contribution in [1.82, 2.24) is 4.90 Å². The fourth-order valence-electron chi connectivity index (χ4n) is 1.27. The summed E-state index contributed by atoms with van der Waals surface area (Å²) < 4.78 is 0.907. The molecule has 1 N–H and O–H groups in total. The van der Waals surface area contributed by atoms with E-state index in [-0.39, 0.29) is 5.91 Å². The Bertz CT molecular complexity index is 444. The minimum atomic E-state index is -1.01. The summed E-state index contributed by atoms with van der Waals surface area (Å²) in [5.74, 6) is -1.27. The van der Waals surface area contributed by atoms with E-state index in [0.29, 0.717) is 4.88 Å². The summed E-state index contributed by atoms with van der Waals surface area (Å²) in [4.78, 5) is 25.7. The zero-order valence-electron chi connectivity index (χ0n) is 9.86. The second-order valence-electron chi connectivity index (χ2n) is 3.67. The molecule has 17 heavy (non-hydrogen) atoms. The van der Waals surface area contributed by atoms with E-state index in [1.54, 1.807) is 6.07 Å². The first kappa shape index (κ1) is 14.2. The SMILES string of the molecule is CCc1sc(C(=O)N(C)[C@H](C)C(=O)O)cc1Br. The van der Waals surface area contributed by atoms with Crippen molar-refractivity contribution in [3.05, 3.63) is 20.3 Å². The van der Waals surface area contributed by atoms with Crippen molar-refractivity contribution in [2.45, 2.75) is 26.3 Å². The lowest BCUT2D eigenvalue weighted by atomic mass is 10.3. The van der Waals surface area contributed by atoms with Gasteiger partial charge in [-0.25, -0.2) is 4.79 Å². The number of aliphatic carboxylic acids is 1. The zero-order valence-corrected chi connectivity index (χ0v) is 12.3. The Labute approximate surface area is 112 Å². The average molecular weight is 320 g/mol. The highest BCUT2D eigenvalue weighted by atomic mass is 79.9. The first-order chi connectivity index (χ1) is 7.88. The minimum absolute atomic E-state index is 0.259. The van der Waals surface area contributed by atoms with Gasteiger partial charge in [-0.05, 0) is 35.3 Å². The predicted octanol–water partition coefficient (Wildman–Crippen LogP) is 2.62. The number of hydrogen-bond donors (Lipinski definition) is 1. The maximum Gasteiger partial charge on any atom is 0.326 e. The van der Waals surface area contributed by atoms with Crippen molar-refractivity contribution in [3.63, 3.8) is 0 Å². The summed E-state index contributed by atoms with van der Waals surface area (Å²) >= 11 is 4.78. The van der Waals surface area contributed by atoms with Gasteiger partial charge in [-0.3, -0.25) is 4.79 Å². The van der Waals surface area contributed by atoms with Gasteiger partial charge in [0.2, 0.25) is 0 Å². The Morgan fingerprint density at radius 2 is 2.18 bits per heavy atom. The second kappa shape index (κ2) is 5.64. The number of likely N-dealkylation sites (N-methyl/N-ethyl adjacent to an activating group) is 1. The van der Waals surface area contributed by atoms with Gasteiger partial charge in [-0.2, -0.15) is 0 Å². The van der Waals surface area contributed by atoms with Crippen molar-refractivity contribution in [1.29, 1.82) is 0 Å². The number of carbonyl (C=O) groups is 2. The van der Waals surface area contributed by atoms with E-state index in [1.165, 1.54) is 30.2 Å². The molecule has 0 aliphatic heterocycles. The quantitative estimate of drug-likeness (QED) is 0.928. The molecule has 0 aliphatic carbocycles. The maximum absolute atomic E-state index is 12.0. The molecule has 4 nitrogen and oxygen atoms in total. The molecule has 0 unspecified atom stereocenters. The molecule has 1 rings (SSSR count). The van der Waals surface area contributed by atoms with Crippen molar-refractivity contribution >= 4 is 39.1 Å². The molecule has 1 aromatic heterocycles. The van der Waals surface area contributed by atoms with Crippen LogP contribution in [-0.2, 0) is 11.2 Å². The minimum Gasteiger partial charge on any atom is -0.480 e. The van der Waals surface area contributed by atoms with Gasteiger partial charge in [0, 0.05) is 16.4 Å². The second-order valence-corrected chi connectivity index (χ2v) is 5.66. The zero-order chi connectivity index (χ0) is 13.2. The van der Waals surface area contributed by atoms with Gasteiger partial charge in [-0.1, -0.05) is 6.92 Å². The lowest BCUT2D eigenvalue weighted by Crippen LogP contribution is -2.39. The molecular formula is C11H14BrNO3S. The first-order valence-electron chi connectivity index (χ1n) is 5.16. The summed E-state index contributed by atoms with van der Waals surface area (Å²) in [7, 11) is 1.50. The Balaban J connectivity index is 2.92. The highest BCUT2D eigenvalue weighted by molar-refractivity contribution is 9.10. The van der Waals surface area contributed by atoms with Crippen LogP contribution < -0.4 is 0 Å². The molecule has 0 radical (unpaired) electrons. The molecule has 94 valence electrons. The van der Waals surface area contributed by atoms with E-state index in [0.717, 1.165) is 15.8 Å². The highest BCUT2D eigenvalue weighted by Gasteiger charge is 2.24. The Hall–Kier alpha value is -0.880. The van der Waals surface area contributed by atoms with E-state index >= 15 is 0 Å². The van der Waals surface area contributed by atoms with E-state index in [9.17, 15) is 9.59 Å². The fraction of sp³-hybridized carbons (Fsp3) is 0.455. The molecule has 1 atom stereocenters. The highest BCUT2D eigenvalue weighted by Crippen LogP contribution is 2.28. The first-order valence-corrected chi connectivity index (χ1v) is 6.77. The van der Waals surface area contributed by atoms with Gasteiger partial charge in [0.15, 0.2) is 0 Å². The maximum atomic E-state index is 12.0. The van der Waals surface area contributed by atoms with E-state index in [1.807, 2.05) is 6.92 Å². The topological polar surface area (TPSA) is 57.6 Å². The lowest BCUT2D eigenvalue weighted by Gasteiger charge is -2.20. The summed E-state index contributed by atoms with van der Waals surface area (Å²) in [6.45, 7) is 3.50. The van der Waals surface area contributed by atoms with Gasteiger partial charge < -0.3 is 10.0 Å². The largest absolute Gasteiger partial charge is 0.480 e. The molecule has 1 heterocycles. The van der Waals surface area contributed by atoms with Gasteiger partial charge in [0.05, 0.1) is 4.88 Å². The number of amides is 1. The van der Waals surface area contributed by atoms with Crippen LogP contribution in [0.4, 0.5) is 0 Å². The van der Waals surface area contributed by atoms with Crippen LogP contribution >= 0.6 is 27.3 Å². The number of aryl methyl sites for hydroxylation is 1. The average Bonchev–Trinajstić information content (AvgIpc) is 2.67. The summed E-state index contributed by atoms with van der Waals surface area (Å²) in [6, 6.07) is 0.921. The lowest BCUT2D eigenvalue weighted by molar-refractivity contribution is -0.141. The van der Waals surface area contributed by atoms with Gasteiger partial charge >= 0.3 is 5.97 Å². The van der Waals surface area contributed by atoms with E-state index in [2.05, 4.69) is 15.9 Å². The van der Waals surface area contributed by atoms with Gasteiger partial charge in [0.1, 0.15) is 6.04 Å². The Morgan fingerprint density at radius 3 is 2.59 bits per heavy atom. The number of thiophene rings is 1. The van der Waals surface area contributed by atoms with Crippen molar-refractivity contribution < 1.29 is 14.7 Å². The number of halogens is 1. The van der Waals surface area contributed by atoms with Crippen LogP contribution in [0.1, 0.15) is 28.4 Å². The number of carboxylic acids is 1. The summed E-state index contributed by atoms with van der Waals surface area (Å²) in [5.41, 5.74) is 0. The van der Waals surface area contributed by atoms with Crippen LogP contribution in [0.25, 0.3) is 0 Å². The number of carbonyl (C=O) groups excluding carboxylic acids is 1. The van der Waals surface area contributed by atoms with Crippen molar-refractivity contribution in [2.75, 3.05) is 7.05 Å². The monoisotopic (exact) mass is 319 g/mol. The van der Waals surface area contributed by atoms with Crippen molar-refractivity contribution in [2.24, 2.45) is 0 Å². The van der Waals surface area contributed by atoms with E-state index < -0.39 is 12.0 Å². The molecule has 0 saturated carbocycles. The number of hydrogen-bond acceptors (Lipinski definition) is 3. The van der Waals surface area contributed by atoms with Crippen molar-refractivity contribution in [3.8, 4) is 0 Å². The third-order valence-electron chi connectivity index (χ3n) is 2.55. The molecule has 0 saturated heterocycles. The third-order valence-corrected chi connectivity index (χ3v) is 4.79. The van der Waals surface area contributed by atoms with E-state index in [4.69, 9.17) is 5.11 Å². The molecule has 0 aliphatic rings. The number of carboxylic acid groups (broad SMARTS) is 1. The molecule has 1 amide bonds. The van der Waals surface area contributed by atoms with Crippen LogP contribution in [0.15, 0.2) is 10.5 Å². The summed E-state index contributed by atoms with van der Waals surface area (Å²) in [5, 5.41) is 8.85. The Kier molecular flexibility index (Phi) is 4.70. The fourth-order valence-corrected chi connectivity index (χ4v) is 3.15. The van der Waals surface area contributed by atoms with Crippen LogP contribution in [0.2, 0.25) is 0 Å². The molecule has 6 heteroatoms. The molecule has 0 bridgehead atoms. The van der Waals surface area contributed by atoms with Crippen LogP contribution in [0.5, 0.6) is 0 Å². The third kappa shape index (κ3) is 3.07. The molecular weight excluding hydrogens is 306 g/mol. The van der Waals surface area contributed by atoms with Crippen LogP contribution in [0.3, 0.4) is 0 Å². The smallest absolute Gasteiger partial charge is 0.326 e. The standard InChI is InChI=1S/C11H14BrNO3S/c1-4-8-7(12)5-9(17-8)10(14)13(3)6(2)11(15)16/h5-6H,4H2,1-3H3,(H,15,16)/t6-/m1/s1. The molecule has 0 spiro atoms. The number of nitrogens with zero attached hydrogens (tertiary/aromatic N) is 1. The van der Waals surface area contributed by atoms with Crippen LogP contribution in [-0.4, -0.2) is 35.0 Å². The van der Waals surface area contributed by atoms with Crippen LogP contribution in [0, 0.1) is 0 Å². The van der Waals surface area contributed by atoms with Gasteiger partial charge in [-0.15, -0.1) is 11.3 Å². The predicted molar refractivity (Wildman–Crippen MR) is 70.6 cm³/mol. The molecule has 1 aromatic rings. The normalized spacial score (nSPS) is 12.2. The summed E-state index contributed by atoms with van der Waals surface area (Å²) in [6.07, 6.45) is 0.844. The van der Waals surface area contributed by atoms with Gasteiger partial charge in [0.25, 0.3) is 5.91 Å². The Morgan fingerprint density at radius 1 is 1.59 bits per heavy atom. The number of rotatable bonds is 4. The molecule has 0 fully saturated rings.